The van der Waals surface area contributed by atoms with Crippen LogP contribution in [0, 0.1) is 0 Å². The van der Waals surface area contributed by atoms with Gasteiger partial charge < -0.3 is 14.4 Å². The molecule has 1 amide bonds. The van der Waals surface area contributed by atoms with Crippen molar-refractivity contribution in [3.8, 4) is 0 Å². The third-order valence-corrected chi connectivity index (χ3v) is 3.23. The summed E-state index contributed by atoms with van der Waals surface area (Å²) >= 11 is 6.01. The van der Waals surface area contributed by atoms with Crippen LogP contribution in [0.4, 0.5) is 0 Å². The van der Waals surface area contributed by atoms with Gasteiger partial charge in [0.2, 0.25) is 0 Å². The topological polar surface area (TPSA) is 53.7 Å². The molecule has 1 unspecified atom stereocenters. The van der Waals surface area contributed by atoms with Gasteiger partial charge in [-0.25, -0.2) is 0 Å². The fraction of sp³-hybridized carbons (Fsp3) is 0.357. The lowest BCUT2D eigenvalue weighted by molar-refractivity contribution is 0.0740. The number of carbonyl (C=O) groups is 1. The van der Waals surface area contributed by atoms with Crippen LogP contribution < -0.4 is 0 Å². The minimum Gasteiger partial charge on any atom is -0.449 e. The summed E-state index contributed by atoms with van der Waals surface area (Å²) in [6.07, 6.45) is 0.101. The molecule has 2 rings (SSSR count). The molecule has 0 bridgehead atoms. The van der Waals surface area contributed by atoms with Gasteiger partial charge in [-0.2, -0.15) is 0 Å². The van der Waals surface area contributed by atoms with E-state index in [9.17, 15) is 9.90 Å². The second kappa shape index (κ2) is 5.63. The summed E-state index contributed by atoms with van der Waals surface area (Å²) in [6, 6.07) is 7.06. The van der Waals surface area contributed by atoms with Crippen LogP contribution in [0.1, 0.15) is 23.9 Å². The van der Waals surface area contributed by atoms with E-state index in [4.69, 9.17) is 16.0 Å². The van der Waals surface area contributed by atoms with Gasteiger partial charge in [0.1, 0.15) is 0 Å². The van der Waals surface area contributed by atoms with E-state index < -0.39 is 6.10 Å². The van der Waals surface area contributed by atoms with Crippen LogP contribution in [-0.2, 0) is 0 Å². The van der Waals surface area contributed by atoms with Crippen molar-refractivity contribution in [3.05, 3.63) is 35.0 Å². The lowest BCUT2D eigenvalue weighted by Gasteiger charge is -2.16. The molecule has 0 fully saturated rings. The average Bonchev–Trinajstić information content (AvgIpc) is 2.80. The number of aliphatic hydroxyl groups is 1. The van der Waals surface area contributed by atoms with E-state index in [1.54, 1.807) is 26.1 Å². The number of aliphatic hydroxyl groups excluding tert-OH is 1. The van der Waals surface area contributed by atoms with E-state index in [0.29, 0.717) is 23.6 Å². The number of para-hydroxylation sites is 1. The maximum absolute atomic E-state index is 12.1. The number of amides is 1. The Bertz CT molecular complexity index is 591. The van der Waals surface area contributed by atoms with Gasteiger partial charge in [0.15, 0.2) is 11.3 Å². The molecule has 102 valence electrons. The highest BCUT2D eigenvalue weighted by Gasteiger charge is 2.17. The standard InChI is InChI=1S/C14H16ClNO3/c1-9(17)6-7-16(2)14(18)12-8-10-4-3-5-11(15)13(10)19-12/h3-5,8-9,17H,6-7H2,1-2H3. The first-order valence-electron chi connectivity index (χ1n) is 6.10. The molecule has 1 heterocycles. The number of hydrogen-bond acceptors (Lipinski definition) is 3. The Balaban J connectivity index is 2.19. The Morgan fingerprint density at radius 1 is 1.53 bits per heavy atom. The summed E-state index contributed by atoms with van der Waals surface area (Å²) in [7, 11) is 1.68. The number of nitrogens with zero attached hydrogens (tertiary/aromatic N) is 1. The Kier molecular flexibility index (Phi) is 4.12. The number of benzene rings is 1. The molecule has 0 saturated heterocycles. The molecular weight excluding hydrogens is 266 g/mol. The van der Waals surface area contributed by atoms with Gasteiger partial charge >= 0.3 is 0 Å². The quantitative estimate of drug-likeness (QED) is 0.937. The van der Waals surface area contributed by atoms with Crippen molar-refractivity contribution in [1.82, 2.24) is 4.90 Å². The molecule has 1 aromatic carbocycles. The summed E-state index contributed by atoms with van der Waals surface area (Å²) in [5, 5.41) is 10.5. The Labute approximate surface area is 116 Å². The molecule has 1 atom stereocenters. The van der Waals surface area contributed by atoms with Gasteiger partial charge in [-0.15, -0.1) is 0 Å². The fourth-order valence-electron chi connectivity index (χ4n) is 1.80. The second-order valence-electron chi connectivity index (χ2n) is 4.63. The van der Waals surface area contributed by atoms with Crippen molar-refractivity contribution < 1.29 is 14.3 Å². The van der Waals surface area contributed by atoms with Crippen molar-refractivity contribution in [2.75, 3.05) is 13.6 Å². The first kappa shape index (κ1) is 13.9. The van der Waals surface area contributed by atoms with Gasteiger partial charge in [-0.3, -0.25) is 4.79 Å². The molecule has 0 radical (unpaired) electrons. The zero-order chi connectivity index (χ0) is 14.0. The first-order valence-corrected chi connectivity index (χ1v) is 6.48. The minimum absolute atomic E-state index is 0.215. The zero-order valence-electron chi connectivity index (χ0n) is 10.9. The van der Waals surface area contributed by atoms with E-state index in [0.717, 1.165) is 5.39 Å². The molecule has 1 aromatic heterocycles. The van der Waals surface area contributed by atoms with Gasteiger partial charge in [0.25, 0.3) is 5.91 Å². The van der Waals surface area contributed by atoms with Crippen LogP contribution in [0.2, 0.25) is 5.02 Å². The highest BCUT2D eigenvalue weighted by Crippen LogP contribution is 2.27. The predicted molar refractivity (Wildman–Crippen MR) is 74.5 cm³/mol. The number of hydrogen-bond donors (Lipinski definition) is 1. The number of carbonyl (C=O) groups excluding carboxylic acids is 1. The fourth-order valence-corrected chi connectivity index (χ4v) is 2.02. The Morgan fingerprint density at radius 3 is 2.89 bits per heavy atom. The smallest absolute Gasteiger partial charge is 0.289 e. The zero-order valence-corrected chi connectivity index (χ0v) is 11.6. The molecule has 1 N–H and O–H groups in total. The van der Waals surface area contributed by atoms with Crippen molar-refractivity contribution >= 4 is 28.5 Å². The third kappa shape index (κ3) is 3.08. The van der Waals surface area contributed by atoms with E-state index in [2.05, 4.69) is 0 Å². The van der Waals surface area contributed by atoms with Crippen LogP contribution >= 0.6 is 11.6 Å². The molecule has 0 aliphatic rings. The van der Waals surface area contributed by atoms with Gasteiger partial charge in [0, 0.05) is 19.0 Å². The summed E-state index contributed by atoms with van der Waals surface area (Å²) < 4.78 is 5.50. The Morgan fingerprint density at radius 2 is 2.26 bits per heavy atom. The van der Waals surface area contributed by atoms with Crippen LogP contribution in [0.5, 0.6) is 0 Å². The maximum atomic E-state index is 12.1. The average molecular weight is 282 g/mol. The maximum Gasteiger partial charge on any atom is 0.289 e. The number of fused-ring (bicyclic) bond motifs is 1. The number of furan rings is 1. The van der Waals surface area contributed by atoms with Crippen molar-refractivity contribution in [3.63, 3.8) is 0 Å². The molecule has 4 nitrogen and oxygen atoms in total. The molecular formula is C14H16ClNO3. The van der Waals surface area contributed by atoms with Crippen LogP contribution in [0.3, 0.4) is 0 Å². The SMILES string of the molecule is CC(O)CCN(C)C(=O)c1cc2cccc(Cl)c2o1. The van der Waals surface area contributed by atoms with Crippen molar-refractivity contribution in [1.29, 1.82) is 0 Å². The van der Waals surface area contributed by atoms with E-state index in [1.807, 2.05) is 12.1 Å². The number of halogens is 1. The highest BCUT2D eigenvalue weighted by molar-refractivity contribution is 6.34. The molecule has 2 aromatic rings. The minimum atomic E-state index is -0.430. The second-order valence-corrected chi connectivity index (χ2v) is 5.04. The normalized spacial score (nSPS) is 12.6. The highest BCUT2D eigenvalue weighted by atomic mass is 35.5. The first-order chi connectivity index (χ1) is 8.99. The van der Waals surface area contributed by atoms with Crippen molar-refractivity contribution in [2.24, 2.45) is 0 Å². The van der Waals surface area contributed by atoms with Crippen LogP contribution in [0.25, 0.3) is 11.0 Å². The third-order valence-electron chi connectivity index (χ3n) is 2.94. The predicted octanol–water partition coefficient (Wildman–Crippen LogP) is 2.93. The van der Waals surface area contributed by atoms with E-state index in [-0.39, 0.29) is 11.7 Å². The lowest BCUT2D eigenvalue weighted by atomic mass is 10.2. The lowest BCUT2D eigenvalue weighted by Crippen LogP contribution is -2.29. The molecule has 0 saturated carbocycles. The molecule has 5 heteroatoms. The molecule has 0 aliphatic heterocycles. The summed E-state index contributed by atoms with van der Waals surface area (Å²) in [5.41, 5.74) is 0.524. The van der Waals surface area contributed by atoms with Gasteiger partial charge in [0.05, 0.1) is 11.1 Å². The largest absolute Gasteiger partial charge is 0.449 e. The summed E-state index contributed by atoms with van der Waals surface area (Å²) in [6.45, 7) is 2.17. The number of rotatable bonds is 4. The van der Waals surface area contributed by atoms with Crippen LogP contribution in [-0.4, -0.2) is 35.6 Å². The van der Waals surface area contributed by atoms with Crippen molar-refractivity contribution in [2.45, 2.75) is 19.4 Å². The van der Waals surface area contributed by atoms with Gasteiger partial charge in [-0.1, -0.05) is 23.7 Å². The van der Waals surface area contributed by atoms with Crippen LogP contribution in [0.15, 0.2) is 28.7 Å². The molecule has 19 heavy (non-hydrogen) atoms. The van der Waals surface area contributed by atoms with E-state index in [1.165, 1.54) is 4.90 Å². The monoisotopic (exact) mass is 281 g/mol. The Hall–Kier alpha value is -1.52. The van der Waals surface area contributed by atoms with E-state index >= 15 is 0 Å². The summed E-state index contributed by atoms with van der Waals surface area (Å²) in [5.74, 6) is 0.0455. The van der Waals surface area contributed by atoms with Gasteiger partial charge in [-0.05, 0) is 25.5 Å². The molecule has 0 spiro atoms. The summed E-state index contributed by atoms with van der Waals surface area (Å²) in [4.78, 5) is 13.7. The molecule has 0 aliphatic carbocycles.